The van der Waals surface area contributed by atoms with Gasteiger partial charge in [0.15, 0.2) is 11.9 Å². The molecule has 126 valence electrons. The Bertz CT molecular complexity index is 846. The van der Waals surface area contributed by atoms with Crippen molar-refractivity contribution in [3.8, 4) is 0 Å². The molecule has 0 spiro atoms. The maximum Gasteiger partial charge on any atom is 0.288 e. The van der Waals surface area contributed by atoms with Gasteiger partial charge in [-0.15, -0.1) is 0 Å². The molecule has 0 aliphatic rings. The average molecular weight is 355 g/mol. The van der Waals surface area contributed by atoms with E-state index in [1.807, 2.05) is 6.07 Å². The third kappa shape index (κ3) is 4.28. The molecule has 0 bridgehead atoms. The molecule has 2 aromatic carbocycles. The average Bonchev–Trinajstić information content (AvgIpc) is 3.18. The second-order valence-corrected chi connectivity index (χ2v) is 5.70. The van der Waals surface area contributed by atoms with Crippen LogP contribution in [0.2, 0.25) is 5.02 Å². The van der Waals surface area contributed by atoms with E-state index in [1.165, 1.54) is 12.3 Å². The Balaban J connectivity index is 1.83. The molecule has 1 atom stereocenters. The highest BCUT2D eigenvalue weighted by Crippen LogP contribution is 2.15. The van der Waals surface area contributed by atoms with Crippen LogP contribution in [0.5, 0.6) is 0 Å². The third-order valence-corrected chi connectivity index (χ3v) is 3.75. The summed E-state index contributed by atoms with van der Waals surface area (Å²) in [5.41, 5.74) is 1.13. The van der Waals surface area contributed by atoms with Gasteiger partial charge in [0.1, 0.15) is 0 Å². The van der Waals surface area contributed by atoms with Gasteiger partial charge >= 0.3 is 0 Å². The molecule has 0 saturated carbocycles. The van der Waals surface area contributed by atoms with Crippen molar-refractivity contribution in [1.29, 1.82) is 0 Å². The molecule has 1 amide bonds. The Kier molecular flexibility index (Phi) is 5.16. The Morgan fingerprint density at radius 1 is 0.920 bits per heavy atom. The van der Waals surface area contributed by atoms with E-state index in [0.29, 0.717) is 16.3 Å². The summed E-state index contributed by atoms with van der Waals surface area (Å²) in [6.07, 6.45) is 0.441. The highest BCUT2D eigenvalue weighted by molar-refractivity contribution is 6.30. The number of hydrogen-bond donors (Lipinski definition) is 2. The molecule has 0 aliphatic heterocycles. The highest BCUT2D eigenvalue weighted by atomic mass is 35.5. The first-order valence-electron chi connectivity index (χ1n) is 7.59. The molecule has 5 nitrogen and oxygen atoms in total. The zero-order valence-electron chi connectivity index (χ0n) is 13.1. The molecule has 0 aliphatic carbocycles. The van der Waals surface area contributed by atoms with E-state index in [-0.39, 0.29) is 11.5 Å². The largest absolute Gasteiger partial charge is 0.459 e. The van der Waals surface area contributed by atoms with Crippen molar-refractivity contribution >= 4 is 29.0 Å². The lowest BCUT2D eigenvalue weighted by molar-refractivity contribution is 0.0853. The van der Waals surface area contributed by atoms with Crippen LogP contribution in [0, 0.1) is 0 Å². The lowest BCUT2D eigenvalue weighted by atomic mass is 10.1. The Morgan fingerprint density at radius 2 is 1.64 bits per heavy atom. The van der Waals surface area contributed by atoms with Crippen molar-refractivity contribution in [2.24, 2.45) is 0 Å². The van der Waals surface area contributed by atoms with Gasteiger partial charge in [0, 0.05) is 16.3 Å². The molecule has 0 fully saturated rings. The van der Waals surface area contributed by atoms with Gasteiger partial charge in [-0.2, -0.15) is 0 Å². The van der Waals surface area contributed by atoms with Gasteiger partial charge in [0.2, 0.25) is 5.78 Å². The van der Waals surface area contributed by atoms with Gasteiger partial charge in [-0.3, -0.25) is 9.59 Å². The predicted octanol–water partition coefficient (Wildman–Crippen LogP) is 3.98. The lowest BCUT2D eigenvalue weighted by Crippen LogP contribution is -2.46. The maximum absolute atomic E-state index is 12.8. The van der Waals surface area contributed by atoms with E-state index in [9.17, 15) is 9.59 Å². The minimum absolute atomic E-state index is 0.128. The molecule has 0 saturated heterocycles. The summed E-state index contributed by atoms with van der Waals surface area (Å²) in [5.74, 6) is -0.625. The zero-order valence-corrected chi connectivity index (χ0v) is 13.9. The SMILES string of the molecule is O=C(N[C@@H](Nc1ccc(Cl)cc1)C(=O)c1ccccc1)c1ccco1. The van der Waals surface area contributed by atoms with Crippen molar-refractivity contribution in [3.63, 3.8) is 0 Å². The van der Waals surface area contributed by atoms with Crippen molar-refractivity contribution in [3.05, 3.63) is 89.3 Å². The van der Waals surface area contributed by atoms with E-state index in [2.05, 4.69) is 10.6 Å². The number of carbonyl (C=O) groups excluding carboxylic acids is 2. The summed E-state index contributed by atoms with van der Waals surface area (Å²) in [5, 5.41) is 6.25. The number of amides is 1. The van der Waals surface area contributed by atoms with Gasteiger partial charge in [-0.05, 0) is 36.4 Å². The van der Waals surface area contributed by atoms with E-state index >= 15 is 0 Å². The van der Waals surface area contributed by atoms with E-state index in [1.54, 1.807) is 54.6 Å². The molecular formula is C19H15ClN2O3. The molecular weight excluding hydrogens is 340 g/mol. The number of rotatable bonds is 6. The summed E-state index contributed by atoms with van der Waals surface area (Å²) < 4.78 is 5.08. The topological polar surface area (TPSA) is 71.3 Å². The first kappa shape index (κ1) is 16.8. The lowest BCUT2D eigenvalue weighted by Gasteiger charge is -2.20. The fourth-order valence-electron chi connectivity index (χ4n) is 2.26. The molecule has 0 unspecified atom stereocenters. The van der Waals surface area contributed by atoms with Crippen molar-refractivity contribution < 1.29 is 14.0 Å². The van der Waals surface area contributed by atoms with Crippen LogP contribution in [0.4, 0.5) is 5.69 Å². The van der Waals surface area contributed by atoms with Gasteiger partial charge in [0.25, 0.3) is 5.91 Å². The van der Waals surface area contributed by atoms with Crippen LogP contribution in [-0.2, 0) is 0 Å². The van der Waals surface area contributed by atoms with Crippen molar-refractivity contribution in [1.82, 2.24) is 5.32 Å². The van der Waals surface area contributed by atoms with Gasteiger partial charge in [-0.25, -0.2) is 0 Å². The van der Waals surface area contributed by atoms with Gasteiger partial charge < -0.3 is 15.1 Å². The summed E-state index contributed by atoms with van der Waals surface area (Å²) in [7, 11) is 0. The Labute approximate surface area is 149 Å². The second kappa shape index (κ2) is 7.68. The van der Waals surface area contributed by atoms with Crippen LogP contribution >= 0.6 is 11.6 Å². The quantitative estimate of drug-likeness (QED) is 0.518. The van der Waals surface area contributed by atoms with E-state index in [0.717, 1.165) is 0 Å². The molecule has 2 N–H and O–H groups in total. The number of Topliss-reactive ketones (excluding diaryl/α,β-unsaturated/α-hetero) is 1. The minimum atomic E-state index is -0.957. The van der Waals surface area contributed by atoms with Crippen LogP contribution in [0.1, 0.15) is 20.9 Å². The van der Waals surface area contributed by atoms with Gasteiger partial charge in [-0.1, -0.05) is 41.9 Å². The number of halogens is 1. The summed E-state index contributed by atoms with van der Waals surface area (Å²) >= 11 is 5.88. The fourth-order valence-corrected chi connectivity index (χ4v) is 2.39. The molecule has 1 aromatic heterocycles. The standard InChI is InChI=1S/C19H15ClN2O3/c20-14-8-10-15(11-9-14)21-18(17(23)13-5-2-1-3-6-13)22-19(24)16-7-4-12-25-16/h1-12,18,21H,(H,22,24)/t18-/m1/s1. The number of anilines is 1. The second-order valence-electron chi connectivity index (χ2n) is 5.27. The molecule has 25 heavy (non-hydrogen) atoms. The van der Waals surface area contributed by atoms with Crippen LogP contribution < -0.4 is 10.6 Å². The number of carbonyl (C=O) groups is 2. The fraction of sp³-hybridized carbons (Fsp3) is 0.0526. The normalized spacial score (nSPS) is 11.6. The molecule has 6 heteroatoms. The summed E-state index contributed by atoms with van der Waals surface area (Å²) in [4.78, 5) is 25.1. The maximum atomic E-state index is 12.8. The van der Waals surface area contributed by atoms with E-state index < -0.39 is 12.1 Å². The minimum Gasteiger partial charge on any atom is -0.459 e. The first-order chi connectivity index (χ1) is 12.1. The van der Waals surface area contributed by atoms with Crippen molar-refractivity contribution in [2.75, 3.05) is 5.32 Å². The predicted molar refractivity (Wildman–Crippen MR) is 95.8 cm³/mol. The van der Waals surface area contributed by atoms with Crippen LogP contribution in [0.25, 0.3) is 0 Å². The third-order valence-electron chi connectivity index (χ3n) is 3.50. The van der Waals surface area contributed by atoms with Crippen molar-refractivity contribution in [2.45, 2.75) is 6.17 Å². The Hall–Kier alpha value is -3.05. The van der Waals surface area contributed by atoms with Gasteiger partial charge in [0.05, 0.1) is 6.26 Å². The molecule has 1 heterocycles. The zero-order chi connectivity index (χ0) is 17.6. The molecule has 0 radical (unpaired) electrons. The number of hydrogen-bond acceptors (Lipinski definition) is 4. The van der Waals surface area contributed by atoms with Crippen LogP contribution in [0.3, 0.4) is 0 Å². The Morgan fingerprint density at radius 3 is 2.28 bits per heavy atom. The highest BCUT2D eigenvalue weighted by Gasteiger charge is 2.23. The monoisotopic (exact) mass is 354 g/mol. The number of furan rings is 1. The number of ketones is 1. The summed E-state index contributed by atoms with van der Waals surface area (Å²) in [6.45, 7) is 0. The molecule has 3 aromatic rings. The number of nitrogens with one attached hydrogen (secondary N) is 2. The van der Waals surface area contributed by atoms with Crippen LogP contribution in [-0.4, -0.2) is 17.9 Å². The first-order valence-corrected chi connectivity index (χ1v) is 7.97. The smallest absolute Gasteiger partial charge is 0.288 e. The van der Waals surface area contributed by atoms with Crippen LogP contribution in [0.15, 0.2) is 77.4 Å². The van der Waals surface area contributed by atoms with E-state index in [4.69, 9.17) is 16.0 Å². The number of benzene rings is 2. The molecule has 3 rings (SSSR count). The summed E-state index contributed by atoms with van der Waals surface area (Å²) in [6, 6.07) is 18.7.